The van der Waals surface area contributed by atoms with Crippen LogP contribution in [0, 0.1) is 0 Å². The summed E-state index contributed by atoms with van der Waals surface area (Å²) in [6, 6.07) is 12.0. The molecule has 4 rings (SSSR count). The van der Waals surface area contributed by atoms with Gasteiger partial charge in [0.2, 0.25) is 0 Å². The van der Waals surface area contributed by atoms with Crippen molar-refractivity contribution >= 4 is 53.3 Å². The summed E-state index contributed by atoms with van der Waals surface area (Å²) in [7, 11) is -9.46. The first-order valence-corrected chi connectivity index (χ1v) is 11.3. The number of azo groups is 1. The summed E-state index contributed by atoms with van der Waals surface area (Å²) in [4.78, 5) is 2.95. The van der Waals surface area contributed by atoms with Gasteiger partial charge in [-0.15, -0.1) is 5.11 Å². The molecule has 0 aliphatic rings. The van der Waals surface area contributed by atoms with Gasteiger partial charge in [0.05, 0.1) is 15.5 Å². The zero-order valence-electron chi connectivity index (χ0n) is 17.3. The van der Waals surface area contributed by atoms with E-state index in [-0.39, 0.29) is 86.3 Å². The van der Waals surface area contributed by atoms with Crippen LogP contribution in [0.2, 0.25) is 0 Å². The normalized spacial score (nSPS) is 11.9. The Balaban J connectivity index is 0.00000193. The molecule has 0 bridgehead atoms. The van der Waals surface area contributed by atoms with E-state index < -0.39 is 30.9 Å². The van der Waals surface area contributed by atoms with Crippen molar-refractivity contribution < 1.29 is 90.2 Å². The molecule has 0 spiro atoms. The van der Waals surface area contributed by atoms with Crippen LogP contribution in [0.15, 0.2) is 80.8 Å². The molecule has 0 fully saturated rings. The van der Waals surface area contributed by atoms with Crippen molar-refractivity contribution in [2.75, 3.05) is 0 Å². The molecule has 1 N–H and O–H groups in total. The molecule has 1 aromatic heterocycles. The number of rotatable bonds is 4. The van der Waals surface area contributed by atoms with Crippen LogP contribution in [0.4, 0.5) is 11.4 Å². The Morgan fingerprint density at radius 2 is 1.48 bits per heavy atom. The Hall–Kier alpha value is -1.45. The molecule has 10 nitrogen and oxygen atoms in total. The van der Waals surface area contributed by atoms with Crippen molar-refractivity contribution in [2.45, 2.75) is 9.79 Å². The molecule has 0 aliphatic heterocycles. The Kier molecular flexibility index (Phi) is 8.79. The SMILES string of the molecule is O=S(=O)([O-])c1ccc2cc(/N=N/c3cc(S(=O)(=O)[O-])c4cccnc4c3O)ccc2c1.[Na+].[Na+]. The number of phenolic OH excluding ortho intramolecular Hbond substituents is 1. The second-order valence-electron chi connectivity index (χ2n) is 6.44. The second kappa shape index (κ2) is 10.4. The third-order valence-electron chi connectivity index (χ3n) is 4.43. The molecule has 0 aliphatic carbocycles. The van der Waals surface area contributed by atoms with E-state index in [0.717, 1.165) is 12.1 Å². The molecular weight excluding hydrogens is 492 g/mol. The molecule has 0 saturated heterocycles. The van der Waals surface area contributed by atoms with E-state index in [9.17, 15) is 31.0 Å². The van der Waals surface area contributed by atoms with Gasteiger partial charge in [-0.2, -0.15) is 5.11 Å². The maximum absolute atomic E-state index is 11.6. The van der Waals surface area contributed by atoms with Crippen LogP contribution in [0.3, 0.4) is 0 Å². The smallest absolute Gasteiger partial charge is 0.744 e. The van der Waals surface area contributed by atoms with Crippen molar-refractivity contribution in [3.05, 3.63) is 60.8 Å². The van der Waals surface area contributed by atoms with Crippen molar-refractivity contribution in [3.63, 3.8) is 0 Å². The molecule has 158 valence electrons. The maximum Gasteiger partial charge on any atom is 1.00 e. The molecule has 0 saturated carbocycles. The molecular formula is C19H11N3Na2O7S2. The van der Waals surface area contributed by atoms with Crippen LogP contribution < -0.4 is 59.1 Å². The number of phenols is 1. The van der Waals surface area contributed by atoms with Crippen LogP contribution in [0.25, 0.3) is 21.7 Å². The van der Waals surface area contributed by atoms with E-state index in [1.165, 1.54) is 42.6 Å². The quantitative estimate of drug-likeness (QED) is 0.178. The number of pyridine rings is 1. The zero-order chi connectivity index (χ0) is 22.4. The fourth-order valence-electron chi connectivity index (χ4n) is 3.01. The zero-order valence-corrected chi connectivity index (χ0v) is 23.0. The summed E-state index contributed by atoms with van der Waals surface area (Å²) >= 11 is 0. The van der Waals surface area contributed by atoms with E-state index in [1.54, 1.807) is 6.07 Å². The number of hydrogen-bond acceptors (Lipinski definition) is 10. The van der Waals surface area contributed by atoms with Gasteiger partial charge >= 0.3 is 59.1 Å². The van der Waals surface area contributed by atoms with E-state index in [2.05, 4.69) is 15.2 Å². The van der Waals surface area contributed by atoms with E-state index >= 15 is 0 Å². The average molecular weight is 503 g/mol. The second-order valence-corrected chi connectivity index (χ2v) is 9.17. The number of hydrogen-bond donors (Lipinski definition) is 1. The third kappa shape index (κ3) is 5.98. The Bertz CT molecular complexity index is 1610. The number of fused-ring (bicyclic) bond motifs is 2. The molecule has 14 heteroatoms. The summed E-state index contributed by atoms with van der Waals surface area (Å²) in [5.41, 5.74) is -0.0935. The van der Waals surface area contributed by atoms with E-state index in [0.29, 0.717) is 10.8 Å². The molecule has 33 heavy (non-hydrogen) atoms. The minimum absolute atomic E-state index is 0. The monoisotopic (exact) mass is 503 g/mol. The van der Waals surface area contributed by atoms with Crippen LogP contribution in [0.5, 0.6) is 5.75 Å². The summed E-state index contributed by atoms with van der Waals surface area (Å²) in [5, 5.41) is 19.2. The first-order valence-electron chi connectivity index (χ1n) is 8.52. The number of nitrogens with zero attached hydrogens (tertiary/aromatic N) is 3. The summed E-state index contributed by atoms with van der Waals surface area (Å²) in [6.45, 7) is 0. The molecule has 4 aromatic rings. The van der Waals surface area contributed by atoms with Gasteiger partial charge in [-0.1, -0.05) is 12.1 Å². The summed E-state index contributed by atoms with van der Waals surface area (Å²) in [5.74, 6) is -0.446. The topological polar surface area (TPSA) is 172 Å². The summed E-state index contributed by atoms with van der Waals surface area (Å²) in [6.07, 6.45) is 1.32. The Labute approximate surface area is 232 Å². The fourth-order valence-corrected chi connectivity index (χ4v) is 4.20. The minimum atomic E-state index is -4.87. The van der Waals surface area contributed by atoms with E-state index in [1.807, 2.05) is 0 Å². The minimum Gasteiger partial charge on any atom is -0.744 e. The van der Waals surface area contributed by atoms with Gasteiger partial charge in [-0.25, -0.2) is 16.8 Å². The van der Waals surface area contributed by atoms with Crippen molar-refractivity contribution in [1.29, 1.82) is 0 Å². The van der Waals surface area contributed by atoms with Crippen molar-refractivity contribution in [3.8, 4) is 5.75 Å². The number of benzene rings is 3. The molecule has 0 radical (unpaired) electrons. The van der Waals surface area contributed by atoms with Gasteiger partial charge in [0.1, 0.15) is 31.4 Å². The van der Waals surface area contributed by atoms with Crippen molar-refractivity contribution in [2.24, 2.45) is 10.2 Å². The number of aromatic nitrogens is 1. The van der Waals surface area contributed by atoms with Crippen LogP contribution in [-0.2, 0) is 20.2 Å². The van der Waals surface area contributed by atoms with Crippen LogP contribution in [-0.4, -0.2) is 36.0 Å². The maximum atomic E-state index is 11.6. The predicted octanol–water partition coefficient (Wildman–Crippen LogP) is -2.67. The average Bonchev–Trinajstić information content (AvgIpc) is 2.71. The van der Waals surface area contributed by atoms with Crippen LogP contribution >= 0.6 is 0 Å². The number of aromatic hydroxyl groups is 1. The molecule has 1 heterocycles. The fraction of sp³-hybridized carbons (Fsp3) is 0. The van der Waals surface area contributed by atoms with Gasteiger partial charge in [-0.3, -0.25) is 4.98 Å². The molecule has 0 unspecified atom stereocenters. The van der Waals surface area contributed by atoms with Gasteiger partial charge in [0.15, 0.2) is 5.75 Å². The first kappa shape index (κ1) is 27.8. The standard InChI is InChI=1S/C19H13N3O7S2.2Na/c23-19-16(10-17(31(27,28)29)15-2-1-7-20-18(15)19)22-21-13-5-3-12-9-14(30(24,25)26)6-4-11(12)8-13;;/h1-10,23H,(H,24,25,26)(H,27,28,29);;/q;2*+1/p-2/b22-21+;;. The predicted molar refractivity (Wildman–Crippen MR) is 107 cm³/mol. The molecule has 0 atom stereocenters. The van der Waals surface area contributed by atoms with Gasteiger partial charge in [0, 0.05) is 11.6 Å². The van der Waals surface area contributed by atoms with Crippen molar-refractivity contribution in [1.82, 2.24) is 4.98 Å². The Morgan fingerprint density at radius 1 is 0.818 bits per heavy atom. The molecule has 0 amide bonds. The van der Waals surface area contributed by atoms with E-state index in [4.69, 9.17) is 0 Å². The van der Waals surface area contributed by atoms with Crippen LogP contribution in [0.1, 0.15) is 0 Å². The largest absolute Gasteiger partial charge is 1.00 e. The summed E-state index contributed by atoms with van der Waals surface area (Å²) < 4.78 is 68.3. The molecule has 3 aromatic carbocycles. The van der Waals surface area contributed by atoms with Gasteiger partial charge in [-0.05, 0) is 53.2 Å². The van der Waals surface area contributed by atoms with Gasteiger partial charge in [0.25, 0.3) is 0 Å². The first-order chi connectivity index (χ1) is 14.5. The third-order valence-corrected chi connectivity index (χ3v) is 6.14. The Morgan fingerprint density at radius 3 is 2.15 bits per heavy atom. The van der Waals surface area contributed by atoms with Gasteiger partial charge < -0.3 is 14.2 Å².